The Kier molecular flexibility index (Phi) is 7.31. The van der Waals surface area contributed by atoms with Gasteiger partial charge in [-0.25, -0.2) is 10.1 Å². The number of rotatable bonds is 9. The maximum atomic E-state index is 13.0. The average Bonchev–Trinajstić information content (AvgIpc) is 3.37. The number of nitrogens with one attached hydrogen (secondary N) is 2. The van der Waals surface area contributed by atoms with E-state index in [0.717, 1.165) is 0 Å². The van der Waals surface area contributed by atoms with Crippen molar-refractivity contribution in [2.75, 3.05) is 24.6 Å². The Balaban J connectivity index is 1.47. The summed E-state index contributed by atoms with van der Waals surface area (Å²) in [6.07, 6.45) is 5.17. The minimum Gasteiger partial charge on any atom is -0.481 e. The molecule has 2 amide bonds. The number of β-lactam (4-membered cyclic amide) rings is 1. The van der Waals surface area contributed by atoms with Crippen molar-refractivity contribution in [3.8, 4) is 12.3 Å². The summed E-state index contributed by atoms with van der Waals surface area (Å²) in [5, 5.41) is 29.4. The molecule has 4 rings (SSSR count). The fourth-order valence-corrected chi connectivity index (χ4v) is 6.53. The Hall–Kier alpha value is -3.84. The molecule has 36 heavy (non-hydrogen) atoms. The maximum absolute atomic E-state index is 13.0. The van der Waals surface area contributed by atoms with Crippen LogP contribution in [-0.4, -0.2) is 94.7 Å². The van der Waals surface area contributed by atoms with E-state index in [2.05, 4.69) is 42.0 Å². The van der Waals surface area contributed by atoms with E-state index in [9.17, 15) is 19.5 Å². The molecule has 4 atom stereocenters. The predicted molar refractivity (Wildman–Crippen MR) is 129 cm³/mol. The van der Waals surface area contributed by atoms with Crippen molar-refractivity contribution >= 4 is 52.8 Å². The van der Waals surface area contributed by atoms with E-state index in [0.29, 0.717) is 5.16 Å². The Morgan fingerprint density at radius 3 is 3.03 bits per heavy atom. The van der Waals surface area contributed by atoms with Gasteiger partial charge in [-0.2, -0.15) is 0 Å². The number of amides is 2. The molecule has 0 bridgehead atoms. The second-order valence-corrected chi connectivity index (χ2v) is 10.3. The monoisotopic (exact) mass is 531 g/mol. The molecule has 2 aromatic heterocycles. The molecule has 5 N–H and O–H groups in total. The Labute approximate surface area is 213 Å². The van der Waals surface area contributed by atoms with Crippen molar-refractivity contribution in [1.29, 1.82) is 0 Å². The molecule has 16 heteroatoms. The first-order valence-corrected chi connectivity index (χ1v) is 12.4. The van der Waals surface area contributed by atoms with Crippen molar-refractivity contribution in [1.82, 2.24) is 35.8 Å². The smallest absolute Gasteiger partial charge is 0.313 e. The molecule has 188 valence electrons. The van der Waals surface area contributed by atoms with E-state index in [-0.39, 0.29) is 36.1 Å². The minimum atomic E-state index is -1.25. The van der Waals surface area contributed by atoms with E-state index in [1.807, 2.05) is 0 Å². The third-order valence-electron chi connectivity index (χ3n) is 5.74. The summed E-state index contributed by atoms with van der Waals surface area (Å²) >= 11 is 2.46. The summed E-state index contributed by atoms with van der Waals surface area (Å²) in [5.41, 5.74) is 4.41. The zero-order chi connectivity index (χ0) is 25.9. The third-order valence-corrected chi connectivity index (χ3v) is 8.49. The number of nitrogens with zero attached hydrogens (tertiary/aromatic N) is 6. The first kappa shape index (κ1) is 25.3. The zero-order valence-electron chi connectivity index (χ0n) is 18.8. The molecule has 2 saturated heterocycles. The van der Waals surface area contributed by atoms with Gasteiger partial charge < -0.3 is 25.9 Å². The van der Waals surface area contributed by atoms with E-state index < -0.39 is 39.9 Å². The number of carbonyl (C=O) groups is 3. The predicted octanol–water partition coefficient (Wildman–Crippen LogP) is -0.817. The second-order valence-electron chi connectivity index (χ2n) is 7.91. The molecule has 0 aromatic carbocycles. The average molecular weight is 532 g/mol. The van der Waals surface area contributed by atoms with Gasteiger partial charge in [0.25, 0.3) is 5.91 Å². The quantitative estimate of drug-likeness (QED) is 0.0783. The highest BCUT2D eigenvalue weighted by Gasteiger charge is 2.59. The number of oxime groups is 1. The van der Waals surface area contributed by atoms with E-state index >= 15 is 0 Å². The topological polar surface area (TPSA) is 202 Å². The molecule has 2 fully saturated rings. The van der Waals surface area contributed by atoms with Gasteiger partial charge in [0.05, 0.1) is 0 Å². The van der Waals surface area contributed by atoms with Crippen LogP contribution in [0, 0.1) is 17.8 Å². The number of H-pyrrole nitrogens is 1. The standard InChI is InChI=1S/C20H21N9O5S2/c1-3-7-34-26-13(11-5-4-6-12(21)22-11)15(30)23-14-16(31)29-8-20(18(32)33,9-35-17(14)29)10(2)36-19-24-27-28-25-19/h1,4-6,10,14,17H,7-9H2,2H3,(H2,21,22)(H,23,30)(H,32,33)(H,24,25,27,28)/t10?,14?,17-,20?/m1/s1. The lowest BCUT2D eigenvalue weighted by molar-refractivity contribution is -0.158. The number of tetrazole rings is 1. The molecule has 0 saturated carbocycles. The summed E-state index contributed by atoms with van der Waals surface area (Å²) in [7, 11) is 0. The number of hydrogen-bond donors (Lipinski definition) is 4. The molecule has 3 unspecified atom stereocenters. The summed E-state index contributed by atoms with van der Waals surface area (Å²) in [6, 6.07) is 3.77. The van der Waals surface area contributed by atoms with Crippen LogP contribution in [0.25, 0.3) is 0 Å². The van der Waals surface area contributed by atoms with Gasteiger partial charge in [0.15, 0.2) is 12.3 Å². The highest BCUT2D eigenvalue weighted by Crippen LogP contribution is 2.47. The Bertz CT molecular complexity index is 1230. The van der Waals surface area contributed by atoms with Gasteiger partial charge in [-0.05, 0) is 22.6 Å². The fourth-order valence-electron chi connectivity index (χ4n) is 3.76. The van der Waals surface area contributed by atoms with Gasteiger partial charge in [0.2, 0.25) is 11.1 Å². The molecular formula is C20H21N9O5S2. The van der Waals surface area contributed by atoms with Gasteiger partial charge in [-0.1, -0.05) is 35.8 Å². The molecule has 2 aliphatic heterocycles. The van der Waals surface area contributed by atoms with Gasteiger partial charge in [-0.15, -0.1) is 23.3 Å². The van der Waals surface area contributed by atoms with Crippen LogP contribution in [0.3, 0.4) is 0 Å². The number of aromatic amines is 1. The summed E-state index contributed by atoms with van der Waals surface area (Å²) in [5.74, 6) is 0.464. The number of fused-ring (bicyclic) bond motifs is 1. The maximum Gasteiger partial charge on any atom is 0.313 e. The van der Waals surface area contributed by atoms with Crippen LogP contribution in [0.1, 0.15) is 12.6 Å². The van der Waals surface area contributed by atoms with E-state index in [1.165, 1.54) is 34.5 Å². The molecular weight excluding hydrogens is 510 g/mol. The number of terminal acetylenes is 1. The van der Waals surface area contributed by atoms with Gasteiger partial charge >= 0.3 is 5.97 Å². The van der Waals surface area contributed by atoms with Crippen molar-refractivity contribution < 1.29 is 24.3 Å². The summed E-state index contributed by atoms with van der Waals surface area (Å²) in [6.45, 7) is 1.55. The first-order valence-electron chi connectivity index (χ1n) is 10.5. The summed E-state index contributed by atoms with van der Waals surface area (Å²) < 4.78 is 0. The van der Waals surface area contributed by atoms with Crippen LogP contribution in [0.5, 0.6) is 0 Å². The van der Waals surface area contributed by atoms with Crippen LogP contribution in [0.4, 0.5) is 5.82 Å². The van der Waals surface area contributed by atoms with Crippen molar-refractivity contribution in [2.45, 2.75) is 28.7 Å². The lowest BCUT2D eigenvalue weighted by atomic mass is 9.84. The number of carbonyl (C=O) groups excluding carboxylic acids is 2. The molecule has 14 nitrogen and oxygen atoms in total. The number of thioether (sulfide) groups is 2. The van der Waals surface area contributed by atoms with Crippen LogP contribution in [0.2, 0.25) is 0 Å². The minimum absolute atomic E-state index is 0.0239. The number of aromatic nitrogens is 5. The highest BCUT2D eigenvalue weighted by atomic mass is 32.2. The largest absolute Gasteiger partial charge is 0.481 e. The van der Waals surface area contributed by atoms with Crippen molar-refractivity contribution in [2.24, 2.45) is 10.6 Å². The number of carboxylic acids is 1. The van der Waals surface area contributed by atoms with Gasteiger partial charge in [0, 0.05) is 17.5 Å². The number of aliphatic carboxylic acids is 1. The Morgan fingerprint density at radius 2 is 2.36 bits per heavy atom. The number of anilines is 1. The fraction of sp³-hybridized carbons (Fsp3) is 0.400. The number of hydrogen-bond acceptors (Lipinski definition) is 12. The third kappa shape index (κ3) is 4.79. The molecule has 0 radical (unpaired) electrons. The number of nitrogen functional groups attached to an aromatic ring is 1. The second kappa shape index (κ2) is 10.4. The Morgan fingerprint density at radius 1 is 1.56 bits per heavy atom. The number of nitrogens with two attached hydrogens (primary N) is 1. The van der Waals surface area contributed by atoms with Gasteiger partial charge in [0.1, 0.15) is 28.3 Å². The van der Waals surface area contributed by atoms with E-state index in [1.54, 1.807) is 19.1 Å². The highest BCUT2D eigenvalue weighted by molar-refractivity contribution is 8.01. The summed E-state index contributed by atoms with van der Waals surface area (Å²) in [4.78, 5) is 48.9. The van der Waals surface area contributed by atoms with Crippen molar-refractivity contribution in [3.63, 3.8) is 0 Å². The van der Waals surface area contributed by atoms with Crippen LogP contribution in [0.15, 0.2) is 28.5 Å². The van der Waals surface area contributed by atoms with Crippen LogP contribution in [-0.2, 0) is 19.2 Å². The number of pyridine rings is 1. The van der Waals surface area contributed by atoms with Crippen molar-refractivity contribution in [3.05, 3.63) is 23.9 Å². The molecule has 4 heterocycles. The lowest BCUT2D eigenvalue weighted by Crippen LogP contribution is -2.74. The normalized spacial score (nSPS) is 24.2. The lowest BCUT2D eigenvalue weighted by Gasteiger charge is -2.54. The first-order chi connectivity index (χ1) is 17.3. The molecule has 0 aliphatic carbocycles. The SMILES string of the molecule is C#CCON=C(C(=O)NC1C(=O)N2CC(C(=O)O)(C(C)Sc3nnn[nH]3)CS[C@H]12)c1cccc(N)n1. The van der Waals surface area contributed by atoms with Crippen LogP contribution < -0.4 is 11.1 Å². The molecule has 2 aromatic rings. The zero-order valence-corrected chi connectivity index (χ0v) is 20.5. The number of carboxylic acid groups (broad SMARTS) is 1. The van der Waals surface area contributed by atoms with Crippen LogP contribution >= 0.6 is 23.5 Å². The van der Waals surface area contributed by atoms with Gasteiger partial charge in [-0.3, -0.25) is 14.4 Å². The molecule has 0 spiro atoms. The molecule has 2 aliphatic rings. The van der Waals surface area contributed by atoms with E-state index in [4.69, 9.17) is 17.0 Å².